The van der Waals surface area contributed by atoms with Gasteiger partial charge in [0.15, 0.2) is 0 Å². The van der Waals surface area contributed by atoms with Gasteiger partial charge in [0, 0.05) is 25.7 Å². The number of fused-ring (bicyclic) bond motifs is 1. The second kappa shape index (κ2) is 5.42. The molecule has 3 heterocycles. The van der Waals surface area contributed by atoms with E-state index in [1.165, 1.54) is 30.7 Å². The molecule has 104 valence electrons. The van der Waals surface area contributed by atoms with Crippen molar-refractivity contribution < 1.29 is 4.79 Å². The van der Waals surface area contributed by atoms with Gasteiger partial charge in [-0.2, -0.15) is 0 Å². The lowest BCUT2D eigenvalue weighted by Gasteiger charge is -2.34. The summed E-state index contributed by atoms with van der Waals surface area (Å²) >= 11 is 1.29. The minimum Gasteiger partial charge on any atom is -0.363 e. The van der Waals surface area contributed by atoms with Crippen LogP contribution in [0.3, 0.4) is 0 Å². The number of rotatable bonds is 3. The lowest BCUT2D eigenvalue weighted by Crippen LogP contribution is -2.47. The molecule has 2 unspecified atom stereocenters. The molecule has 0 aromatic carbocycles. The predicted molar refractivity (Wildman–Crippen MR) is 74.5 cm³/mol. The van der Waals surface area contributed by atoms with Crippen LogP contribution in [0, 0.1) is 0 Å². The molecule has 0 aliphatic carbocycles. The SMILES string of the molecule is CNc1nnc(C(=O)NC2CCN3CCCC3C2)s1. The van der Waals surface area contributed by atoms with E-state index in [0.29, 0.717) is 16.2 Å². The normalized spacial score (nSPS) is 27.0. The van der Waals surface area contributed by atoms with Gasteiger partial charge in [0.25, 0.3) is 5.91 Å². The lowest BCUT2D eigenvalue weighted by molar-refractivity contribution is 0.0895. The minimum atomic E-state index is -0.0875. The fraction of sp³-hybridized carbons (Fsp3) is 0.750. The average Bonchev–Trinajstić information content (AvgIpc) is 3.06. The summed E-state index contributed by atoms with van der Waals surface area (Å²) in [6.07, 6.45) is 4.69. The molecule has 0 radical (unpaired) electrons. The van der Waals surface area contributed by atoms with Crippen LogP contribution in [-0.2, 0) is 0 Å². The Kier molecular flexibility index (Phi) is 3.65. The Hall–Kier alpha value is -1.21. The van der Waals surface area contributed by atoms with Gasteiger partial charge in [-0.25, -0.2) is 0 Å². The monoisotopic (exact) mass is 281 g/mol. The molecule has 19 heavy (non-hydrogen) atoms. The van der Waals surface area contributed by atoms with Crippen molar-refractivity contribution in [2.24, 2.45) is 0 Å². The van der Waals surface area contributed by atoms with E-state index in [0.717, 1.165) is 19.4 Å². The molecule has 2 N–H and O–H groups in total. The van der Waals surface area contributed by atoms with Crippen molar-refractivity contribution >= 4 is 22.4 Å². The first-order valence-corrected chi connectivity index (χ1v) is 7.64. The summed E-state index contributed by atoms with van der Waals surface area (Å²) in [5.74, 6) is -0.0875. The molecule has 0 bridgehead atoms. The van der Waals surface area contributed by atoms with Gasteiger partial charge in [-0.3, -0.25) is 4.79 Å². The second-order valence-electron chi connectivity index (χ2n) is 5.19. The largest absolute Gasteiger partial charge is 0.363 e. The van der Waals surface area contributed by atoms with E-state index >= 15 is 0 Å². The first-order valence-electron chi connectivity index (χ1n) is 6.82. The topological polar surface area (TPSA) is 70.1 Å². The molecule has 2 saturated heterocycles. The van der Waals surface area contributed by atoms with Gasteiger partial charge in [-0.05, 0) is 32.2 Å². The molecule has 2 aliphatic rings. The summed E-state index contributed by atoms with van der Waals surface area (Å²) in [4.78, 5) is 14.6. The molecule has 3 rings (SSSR count). The lowest BCUT2D eigenvalue weighted by atomic mass is 9.97. The number of nitrogens with one attached hydrogen (secondary N) is 2. The average molecular weight is 281 g/mol. The van der Waals surface area contributed by atoms with Crippen molar-refractivity contribution in [3.63, 3.8) is 0 Å². The van der Waals surface area contributed by atoms with Gasteiger partial charge >= 0.3 is 0 Å². The Morgan fingerprint density at radius 1 is 1.37 bits per heavy atom. The van der Waals surface area contributed by atoms with Gasteiger partial charge in [0.1, 0.15) is 0 Å². The van der Waals surface area contributed by atoms with Gasteiger partial charge in [-0.1, -0.05) is 11.3 Å². The van der Waals surface area contributed by atoms with Crippen molar-refractivity contribution in [2.75, 3.05) is 25.5 Å². The zero-order valence-corrected chi connectivity index (χ0v) is 11.9. The summed E-state index contributed by atoms with van der Waals surface area (Å²) in [7, 11) is 1.78. The van der Waals surface area contributed by atoms with Crippen LogP contribution in [0.1, 0.15) is 35.5 Å². The maximum Gasteiger partial charge on any atom is 0.282 e. The highest BCUT2D eigenvalue weighted by Gasteiger charge is 2.32. The Labute approximate surface area is 116 Å². The molecular formula is C12H19N5OS. The highest BCUT2D eigenvalue weighted by molar-refractivity contribution is 7.17. The zero-order chi connectivity index (χ0) is 13.2. The number of nitrogens with zero attached hydrogens (tertiary/aromatic N) is 3. The van der Waals surface area contributed by atoms with E-state index in [2.05, 4.69) is 25.7 Å². The Bertz CT molecular complexity index is 463. The predicted octanol–water partition coefficient (Wildman–Crippen LogP) is 0.936. The number of anilines is 1. The van der Waals surface area contributed by atoms with Crippen LogP contribution in [0.2, 0.25) is 0 Å². The van der Waals surface area contributed by atoms with Gasteiger partial charge < -0.3 is 15.5 Å². The third-order valence-electron chi connectivity index (χ3n) is 3.99. The van der Waals surface area contributed by atoms with E-state index in [9.17, 15) is 4.79 Å². The van der Waals surface area contributed by atoms with Gasteiger partial charge in [0.2, 0.25) is 10.1 Å². The van der Waals surface area contributed by atoms with Crippen LogP contribution in [0.5, 0.6) is 0 Å². The molecule has 1 amide bonds. The van der Waals surface area contributed by atoms with E-state index in [4.69, 9.17) is 0 Å². The number of hydrogen-bond acceptors (Lipinski definition) is 6. The summed E-state index contributed by atoms with van der Waals surface area (Å²) < 4.78 is 0. The van der Waals surface area contributed by atoms with Crippen molar-refractivity contribution in [3.05, 3.63) is 5.01 Å². The van der Waals surface area contributed by atoms with Gasteiger partial charge in [-0.15, -0.1) is 10.2 Å². The van der Waals surface area contributed by atoms with Crippen LogP contribution in [0.15, 0.2) is 0 Å². The minimum absolute atomic E-state index is 0.0875. The van der Waals surface area contributed by atoms with Crippen LogP contribution < -0.4 is 10.6 Å². The van der Waals surface area contributed by atoms with E-state index < -0.39 is 0 Å². The molecule has 1 aromatic rings. The highest BCUT2D eigenvalue weighted by Crippen LogP contribution is 2.27. The maximum absolute atomic E-state index is 12.1. The fourth-order valence-electron chi connectivity index (χ4n) is 3.02. The van der Waals surface area contributed by atoms with E-state index in [1.807, 2.05) is 0 Å². The number of carbonyl (C=O) groups excluding carboxylic acids is 1. The Morgan fingerprint density at radius 2 is 2.26 bits per heavy atom. The quantitative estimate of drug-likeness (QED) is 0.863. The molecule has 0 saturated carbocycles. The fourth-order valence-corrected chi connectivity index (χ4v) is 3.62. The number of amides is 1. The zero-order valence-electron chi connectivity index (χ0n) is 11.1. The van der Waals surface area contributed by atoms with Crippen LogP contribution in [0.4, 0.5) is 5.13 Å². The molecule has 6 nitrogen and oxygen atoms in total. The summed E-state index contributed by atoms with van der Waals surface area (Å²) in [6, 6.07) is 0.954. The van der Waals surface area contributed by atoms with Crippen molar-refractivity contribution in [1.82, 2.24) is 20.4 Å². The first kappa shape index (κ1) is 12.8. The standard InChI is InChI=1S/C12H19N5OS/c1-13-12-16-15-11(19-12)10(18)14-8-4-6-17-5-2-3-9(17)7-8/h8-9H,2-7H2,1H3,(H,13,16)(H,14,18). The summed E-state index contributed by atoms with van der Waals surface area (Å²) in [5, 5.41) is 14.9. The van der Waals surface area contributed by atoms with Gasteiger partial charge in [0.05, 0.1) is 0 Å². The molecule has 7 heteroatoms. The highest BCUT2D eigenvalue weighted by atomic mass is 32.1. The smallest absolute Gasteiger partial charge is 0.282 e. The third-order valence-corrected chi connectivity index (χ3v) is 4.93. The van der Waals surface area contributed by atoms with E-state index in [-0.39, 0.29) is 11.9 Å². The summed E-state index contributed by atoms with van der Waals surface area (Å²) in [5.41, 5.74) is 0. The number of aromatic nitrogens is 2. The second-order valence-corrected chi connectivity index (χ2v) is 6.17. The molecular weight excluding hydrogens is 262 g/mol. The van der Waals surface area contributed by atoms with Crippen molar-refractivity contribution in [1.29, 1.82) is 0 Å². The molecule has 2 atom stereocenters. The van der Waals surface area contributed by atoms with Crippen LogP contribution >= 0.6 is 11.3 Å². The Morgan fingerprint density at radius 3 is 3.05 bits per heavy atom. The molecule has 0 spiro atoms. The van der Waals surface area contributed by atoms with Crippen LogP contribution in [-0.4, -0.2) is 53.2 Å². The number of hydrogen-bond donors (Lipinski definition) is 2. The molecule has 2 aliphatic heterocycles. The number of carbonyl (C=O) groups is 1. The Balaban J connectivity index is 1.57. The van der Waals surface area contributed by atoms with Crippen LogP contribution in [0.25, 0.3) is 0 Å². The number of piperidine rings is 1. The molecule has 2 fully saturated rings. The maximum atomic E-state index is 12.1. The third kappa shape index (κ3) is 2.71. The van der Waals surface area contributed by atoms with Crippen molar-refractivity contribution in [3.8, 4) is 0 Å². The first-order chi connectivity index (χ1) is 9.26. The molecule has 1 aromatic heterocycles. The van der Waals surface area contributed by atoms with Crippen molar-refractivity contribution in [2.45, 2.75) is 37.8 Å². The summed E-state index contributed by atoms with van der Waals surface area (Å²) in [6.45, 7) is 2.33. The van der Waals surface area contributed by atoms with E-state index in [1.54, 1.807) is 7.05 Å².